The summed E-state index contributed by atoms with van der Waals surface area (Å²) in [6, 6.07) is 9.90. The van der Waals surface area contributed by atoms with Gasteiger partial charge in [0.25, 0.3) is 0 Å². The maximum Gasteiger partial charge on any atom is 0.0178 e. The Kier molecular flexibility index (Phi) is 5.01. The molecule has 0 bridgehead atoms. The molecule has 3 heteroatoms. The lowest BCUT2D eigenvalue weighted by Crippen LogP contribution is -2.38. The van der Waals surface area contributed by atoms with E-state index in [9.17, 15) is 0 Å². The molecule has 0 saturated heterocycles. The summed E-state index contributed by atoms with van der Waals surface area (Å²) >= 11 is 3.50. The first-order chi connectivity index (χ1) is 8.24. The van der Waals surface area contributed by atoms with Crippen molar-refractivity contribution in [2.24, 2.45) is 0 Å². The van der Waals surface area contributed by atoms with Crippen molar-refractivity contribution >= 4 is 15.9 Å². The Bertz CT molecular complexity index is 350. The van der Waals surface area contributed by atoms with Crippen LogP contribution in [0.2, 0.25) is 0 Å². The molecule has 1 fully saturated rings. The second-order valence-electron chi connectivity index (χ2n) is 4.92. The molecule has 2 rings (SSSR count). The van der Waals surface area contributed by atoms with Crippen LogP contribution in [-0.2, 0) is 6.42 Å². The third-order valence-electron chi connectivity index (χ3n) is 3.09. The molecular formula is C14H21BrN2. The van der Waals surface area contributed by atoms with Crippen molar-refractivity contribution in [3.63, 3.8) is 0 Å². The van der Waals surface area contributed by atoms with Crippen LogP contribution in [0.5, 0.6) is 0 Å². The molecule has 0 spiro atoms. The van der Waals surface area contributed by atoms with Crippen LogP contribution in [0.15, 0.2) is 28.7 Å². The lowest BCUT2D eigenvalue weighted by atomic mass is 10.1. The van der Waals surface area contributed by atoms with Crippen LogP contribution >= 0.6 is 15.9 Å². The van der Waals surface area contributed by atoms with Crippen molar-refractivity contribution in [3.05, 3.63) is 34.3 Å². The fourth-order valence-electron chi connectivity index (χ4n) is 1.86. The molecule has 1 saturated carbocycles. The highest BCUT2D eigenvalue weighted by Crippen LogP contribution is 2.18. The molecule has 0 aliphatic heterocycles. The average Bonchev–Trinajstić information content (AvgIpc) is 3.10. The van der Waals surface area contributed by atoms with E-state index >= 15 is 0 Å². The van der Waals surface area contributed by atoms with Gasteiger partial charge in [-0.1, -0.05) is 28.1 Å². The maximum absolute atomic E-state index is 3.56. The van der Waals surface area contributed by atoms with E-state index in [2.05, 4.69) is 57.8 Å². The summed E-state index contributed by atoms with van der Waals surface area (Å²) in [5.74, 6) is 0. The highest BCUT2D eigenvalue weighted by atomic mass is 79.9. The third kappa shape index (κ3) is 5.19. The van der Waals surface area contributed by atoms with Crippen LogP contribution in [0.25, 0.3) is 0 Å². The summed E-state index contributed by atoms with van der Waals surface area (Å²) in [4.78, 5) is 0. The molecule has 0 aromatic heterocycles. The zero-order valence-electron chi connectivity index (χ0n) is 10.4. The van der Waals surface area contributed by atoms with E-state index in [-0.39, 0.29) is 0 Å². The van der Waals surface area contributed by atoms with Gasteiger partial charge < -0.3 is 10.6 Å². The summed E-state index contributed by atoms with van der Waals surface area (Å²) in [5.41, 5.74) is 1.38. The summed E-state index contributed by atoms with van der Waals surface area (Å²) in [5, 5.41) is 7.10. The molecule has 2 nitrogen and oxygen atoms in total. The van der Waals surface area contributed by atoms with Crippen LogP contribution in [0.3, 0.4) is 0 Å². The summed E-state index contributed by atoms with van der Waals surface area (Å²) < 4.78 is 1.17. The molecular weight excluding hydrogens is 276 g/mol. The second-order valence-corrected chi connectivity index (χ2v) is 5.83. The minimum absolute atomic E-state index is 0.558. The Morgan fingerprint density at radius 1 is 1.41 bits per heavy atom. The van der Waals surface area contributed by atoms with E-state index in [1.165, 1.54) is 22.9 Å². The summed E-state index contributed by atoms with van der Waals surface area (Å²) in [7, 11) is 0. The van der Waals surface area contributed by atoms with Crippen LogP contribution < -0.4 is 10.6 Å². The first-order valence-electron chi connectivity index (χ1n) is 6.45. The van der Waals surface area contributed by atoms with Gasteiger partial charge in [-0.2, -0.15) is 0 Å². The SMILES string of the molecule is CC(CNC1CC1)NCCc1cccc(Br)c1. The van der Waals surface area contributed by atoms with E-state index in [0.29, 0.717) is 6.04 Å². The maximum atomic E-state index is 3.56. The van der Waals surface area contributed by atoms with E-state index in [4.69, 9.17) is 0 Å². The largest absolute Gasteiger partial charge is 0.313 e. The quantitative estimate of drug-likeness (QED) is 0.808. The first kappa shape index (κ1) is 13.1. The van der Waals surface area contributed by atoms with Gasteiger partial charge >= 0.3 is 0 Å². The Hall–Kier alpha value is -0.380. The lowest BCUT2D eigenvalue weighted by Gasteiger charge is -2.14. The molecule has 1 atom stereocenters. The first-order valence-corrected chi connectivity index (χ1v) is 7.24. The Morgan fingerprint density at radius 2 is 2.24 bits per heavy atom. The predicted octanol–water partition coefficient (Wildman–Crippen LogP) is 2.72. The lowest BCUT2D eigenvalue weighted by molar-refractivity contribution is 0.503. The molecule has 2 N–H and O–H groups in total. The Labute approximate surface area is 112 Å². The molecule has 0 heterocycles. The van der Waals surface area contributed by atoms with Gasteiger partial charge in [-0.3, -0.25) is 0 Å². The van der Waals surface area contributed by atoms with Crippen molar-refractivity contribution in [2.45, 2.75) is 38.3 Å². The molecule has 1 aliphatic carbocycles. The van der Waals surface area contributed by atoms with Gasteiger partial charge in [-0.05, 0) is 50.4 Å². The topological polar surface area (TPSA) is 24.1 Å². The molecule has 1 aromatic carbocycles. The zero-order chi connectivity index (χ0) is 12.1. The van der Waals surface area contributed by atoms with Gasteiger partial charge in [0.15, 0.2) is 0 Å². The summed E-state index contributed by atoms with van der Waals surface area (Å²) in [6.45, 7) is 4.38. The highest BCUT2D eigenvalue weighted by molar-refractivity contribution is 9.10. The van der Waals surface area contributed by atoms with Gasteiger partial charge in [0.2, 0.25) is 0 Å². The van der Waals surface area contributed by atoms with E-state index in [0.717, 1.165) is 25.6 Å². The molecule has 0 amide bonds. The molecule has 17 heavy (non-hydrogen) atoms. The standard InChI is InChI=1S/C14H21BrN2/c1-11(10-17-14-5-6-14)16-8-7-12-3-2-4-13(15)9-12/h2-4,9,11,14,16-17H,5-8,10H2,1H3. The smallest absolute Gasteiger partial charge is 0.0178 e. The molecule has 94 valence electrons. The van der Waals surface area contributed by atoms with E-state index < -0.39 is 0 Å². The van der Waals surface area contributed by atoms with Crippen LogP contribution in [0.4, 0.5) is 0 Å². The molecule has 1 aromatic rings. The number of nitrogens with one attached hydrogen (secondary N) is 2. The predicted molar refractivity (Wildman–Crippen MR) is 76.3 cm³/mol. The minimum Gasteiger partial charge on any atom is -0.313 e. The Morgan fingerprint density at radius 3 is 2.94 bits per heavy atom. The number of hydrogen-bond acceptors (Lipinski definition) is 2. The van der Waals surface area contributed by atoms with Crippen molar-refractivity contribution in [1.29, 1.82) is 0 Å². The number of halogens is 1. The van der Waals surface area contributed by atoms with Crippen LogP contribution in [0.1, 0.15) is 25.3 Å². The average molecular weight is 297 g/mol. The van der Waals surface area contributed by atoms with Crippen molar-refractivity contribution in [1.82, 2.24) is 10.6 Å². The normalized spacial score (nSPS) is 17.1. The Balaban J connectivity index is 1.61. The van der Waals surface area contributed by atoms with Crippen molar-refractivity contribution in [3.8, 4) is 0 Å². The monoisotopic (exact) mass is 296 g/mol. The zero-order valence-corrected chi connectivity index (χ0v) is 12.0. The molecule has 0 radical (unpaired) electrons. The summed E-state index contributed by atoms with van der Waals surface area (Å²) in [6.07, 6.45) is 3.82. The van der Waals surface area contributed by atoms with Crippen molar-refractivity contribution in [2.75, 3.05) is 13.1 Å². The van der Waals surface area contributed by atoms with Crippen molar-refractivity contribution < 1.29 is 0 Å². The van der Waals surface area contributed by atoms with E-state index in [1.54, 1.807) is 0 Å². The number of rotatable bonds is 7. The van der Waals surface area contributed by atoms with Crippen LogP contribution in [-0.4, -0.2) is 25.2 Å². The van der Waals surface area contributed by atoms with Gasteiger partial charge in [0, 0.05) is 23.1 Å². The van der Waals surface area contributed by atoms with Gasteiger partial charge in [-0.15, -0.1) is 0 Å². The minimum atomic E-state index is 0.558. The van der Waals surface area contributed by atoms with E-state index in [1.807, 2.05) is 0 Å². The molecule has 1 aliphatic rings. The fraction of sp³-hybridized carbons (Fsp3) is 0.571. The second kappa shape index (κ2) is 6.53. The van der Waals surface area contributed by atoms with Crippen LogP contribution in [0, 0.1) is 0 Å². The van der Waals surface area contributed by atoms with Gasteiger partial charge in [-0.25, -0.2) is 0 Å². The highest BCUT2D eigenvalue weighted by Gasteiger charge is 2.20. The molecule has 1 unspecified atom stereocenters. The van der Waals surface area contributed by atoms with Gasteiger partial charge in [0.1, 0.15) is 0 Å². The third-order valence-corrected chi connectivity index (χ3v) is 3.58. The van der Waals surface area contributed by atoms with Gasteiger partial charge in [0.05, 0.1) is 0 Å². The number of hydrogen-bond donors (Lipinski definition) is 2. The number of benzene rings is 1. The fourth-order valence-corrected chi connectivity index (χ4v) is 2.31.